The van der Waals surface area contributed by atoms with Gasteiger partial charge in [-0.3, -0.25) is 0 Å². The van der Waals surface area contributed by atoms with Gasteiger partial charge in [-0.25, -0.2) is 0 Å². The highest BCUT2D eigenvalue weighted by Crippen LogP contribution is 2.02. The minimum Gasteiger partial charge on any atom is -0.484 e. The van der Waals surface area contributed by atoms with E-state index in [2.05, 4.69) is 13.2 Å². The van der Waals surface area contributed by atoms with E-state index in [0.717, 1.165) is 24.4 Å². The monoisotopic (exact) mass is 318 g/mol. The Hall–Kier alpha value is -0.740. The maximum Gasteiger partial charge on any atom is 0.372 e. The van der Waals surface area contributed by atoms with Crippen molar-refractivity contribution < 1.29 is 13.9 Å². The molecule has 4 nitrogen and oxygen atoms in total. The van der Waals surface area contributed by atoms with E-state index in [1.165, 1.54) is 7.31 Å². The first-order valence-corrected chi connectivity index (χ1v) is 6.97. The quantitative estimate of drug-likeness (QED) is 0.267. The average molecular weight is 318 g/mol. The molecule has 128 valence electrons. The van der Waals surface area contributed by atoms with Crippen LogP contribution >= 0.6 is 0 Å². The second-order valence-corrected chi connectivity index (χ2v) is 5.17. The fourth-order valence-electron chi connectivity index (χ4n) is 0.741. The van der Waals surface area contributed by atoms with Crippen LogP contribution in [0.25, 0.3) is 0 Å². The van der Waals surface area contributed by atoms with Crippen LogP contribution in [0.3, 0.4) is 0 Å². The van der Waals surface area contributed by atoms with Crippen LogP contribution in [-0.2, 0) is 9.47 Å². The summed E-state index contributed by atoms with van der Waals surface area (Å²) < 4.78 is 11.0. The molecule has 0 aromatic carbocycles. The Morgan fingerprint density at radius 2 is 1.52 bits per heavy atom. The lowest BCUT2D eigenvalue weighted by Gasteiger charge is -2.28. The number of ether oxygens (including phenoxy) is 2. The summed E-state index contributed by atoms with van der Waals surface area (Å²) in [5.74, 6) is 1.59. The molecule has 0 bridgehead atoms. The molecule has 0 saturated heterocycles. The minimum atomic E-state index is 0. The predicted molar refractivity (Wildman–Crippen MR) is 107 cm³/mol. The van der Waals surface area contributed by atoms with Crippen molar-refractivity contribution in [3.05, 3.63) is 32.1 Å². The van der Waals surface area contributed by atoms with Gasteiger partial charge >= 0.3 is 7.31 Å². The number of allylic oxidation sites excluding steroid dienone is 2. The third kappa shape index (κ3) is 21.3. The summed E-state index contributed by atoms with van der Waals surface area (Å²) in [7, 11) is 19.4. The number of hydrogen-bond donors (Lipinski definition) is 0. The van der Waals surface area contributed by atoms with E-state index >= 15 is 0 Å². The zero-order chi connectivity index (χ0) is 16.9. The summed E-state index contributed by atoms with van der Waals surface area (Å²) in [5.41, 5.74) is 0. The molecule has 23 heavy (non-hydrogen) atoms. The van der Waals surface area contributed by atoms with Crippen molar-refractivity contribution in [1.82, 2.24) is 4.81 Å². The zero-order valence-electron chi connectivity index (χ0n) is 15.3. The van der Waals surface area contributed by atoms with Crippen LogP contribution < -0.4 is 0 Å². The van der Waals surface area contributed by atoms with Crippen molar-refractivity contribution in [3.63, 3.8) is 0 Å². The first kappa shape index (κ1) is 30.2. The molecule has 0 rings (SSSR count). The lowest BCUT2D eigenvalue weighted by molar-refractivity contribution is -0.799. The van der Waals surface area contributed by atoms with Crippen LogP contribution in [-0.4, -0.2) is 73.9 Å². The van der Waals surface area contributed by atoms with Gasteiger partial charge in [0, 0.05) is 20.6 Å². The summed E-state index contributed by atoms with van der Waals surface area (Å²) in [6.07, 6.45) is 1.70. The van der Waals surface area contributed by atoms with Crippen LogP contribution in [0.4, 0.5) is 0 Å². The Morgan fingerprint density at radius 3 is 1.87 bits per heavy atom. The molecule has 0 atom stereocenters. The summed E-state index contributed by atoms with van der Waals surface area (Å²) in [6, 6.07) is 0. The molecule has 0 heterocycles. The number of quaternary nitrogens is 1. The third-order valence-electron chi connectivity index (χ3n) is 2.52. The number of hydrogen-bond acceptors (Lipinski definition) is 3. The van der Waals surface area contributed by atoms with Crippen molar-refractivity contribution in [2.45, 2.75) is 34.1 Å². The predicted octanol–water partition coefficient (Wildman–Crippen LogP) is 2.27. The van der Waals surface area contributed by atoms with E-state index in [0.29, 0.717) is 17.9 Å². The van der Waals surface area contributed by atoms with Gasteiger partial charge in [-0.15, -0.1) is 0 Å². The normalized spacial score (nSPS) is 9.30. The van der Waals surface area contributed by atoms with Crippen molar-refractivity contribution in [2.24, 2.45) is 0 Å². The van der Waals surface area contributed by atoms with Crippen LogP contribution in [0.1, 0.15) is 34.1 Å². The van der Waals surface area contributed by atoms with Gasteiger partial charge in [0.1, 0.15) is 14.5 Å². The van der Waals surface area contributed by atoms with Crippen molar-refractivity contribution in [1.29, 1.82) is 0 Å². The van der Waals surface area contributed by atoms with E-state index in [1.807, 2.05) is 35.0 Å². The van der Waals surface area contributed by atoms with Gasteiger partial charge in [0.2, 0.25) is 6.73 Å². The lowest BCUT2D eigenvalue weighted by atomic mass is 9.64. The zero-order valence-corrected chi connectivity index (χ0v) is 15.3. The smallest absolute Gasteiger partial charge is 0.372 e. The van der Waals surface area contributed by atoms with Crippen molar-refractivity contribution in [2.75, 3.05) is 34.6 Å². The van der Waals surface area contributed by atoms with E-state index < -0.39 is 0 Å². The number of nitrogens with zero attached hydrogens (tertiary/aromatic N) is 2. The largest absolute Gasteiger partial charge is 0.484 e. The maximum absolute atomic E-state index is 5.37. The molecule has 0 aliphatic carbocycles. The fraction of sp³-hybridized carbons (Fsp3) is 0.667. The Kier molecular flexibility index (Phi) is 23.1. The SMILES string of the molecule is C.[B][B]N(C)COC(=C)CC.[B][B][N+](C)(C)COC(=C)CC.[CH3-]. The second-order valence-electron chi connectivity index (χ2n) is 5.17. The first-order valence-electron chi connectivity index (χ1n) is 6.97. The van der Waals surface area contributed by atoms with Crippen LogP contribution in [0.5, 0.6) is 0 Å². The molecule has 0 aliphatic rings. The molecule has 0 aromatic heterocycles. The molecular weight excluding hydrogens is 283 g/mol. The van der Waals surface area contributed by atoms with E-state index in [1.54, 1.807) is 12.1 Å². The fourth-order valence-corrected chi connectivity index (χ4v) is 0.741. The maximum atomic E-state index is 5.37. The summed E-state index contributed by atoms with van der Waals surface area (Å²) in [6.45, 7) is 12.4. The van der Waals surface area contributed by atoms with Gasteiger partial charge in [-0.2, -0.15) is 0 Å². The van der Waals surface area contributed by atoms with Crippen LogP contribution in [0.2, 0.25) is 0 Å². The third-order valence-corrected chi connectivity index (χ3v) is 2.52. The molecule has 0 aliphatic heterocycles. The molecule has 0 N–H and O–H groups in total. The summed E-state index contributed by atoms with van der Waals surface area (Å²) in [5, 5.41) is 0. The van der Waals surface area contributed by atoms with Crippen LogP contribution in [0.15, 0.2) is 24.7 Å². The van der Waals surface area contributed by atoms with E-state index in [-0.39, 0.29) is 14.9 Å². The Morgan fingerprint density at radius 1 is 1.09 bits per heavy atom. The summed E-state index contributed by atoms with van der Waals surface area (Å²) in [4.78, 5) is 1.74. The van der Waals surface area contributed by atoms with Gasteiger partial charge in [-0.1, -0.05) is 34.4 Å². The molecule has 6 radical (unpaired) electrons. The molecular formula is C15H34B4N2O2. The Bertz CT molecular complexity index is 303. The van der Waals surface area contributed by atoms with Gasteiger partial charge < -0.3 is 26.1 Å². The minimum absolute atomic E-state index is 0. The Balaban J connectivity index is -0.000000145. The molecule has 0 aromatic rings. The highest BCUT2D eigenvalue weighted by Gasteiger charge is 2.13. The molecule has 0 spiro atoms. The van der Waals surface area contributed by atoms with Gasteiger partial charge in [0.05, 0.1) is 25.6 Å². The van der Waals surface area contributed by atoms with E-state index in [4.69, 9.17) is 24.9 Å². The van der Waals surface area contributed by atoms with Crippen molar-refractivity contribution >= 4 is 30.1 Å². The number of rotatable bonds is 10. The molecule has 0 fully saturated rings. The molecule has 8 heteroatoms. The average Bonchev–Trinajstić information content (AvgIpc) is 2.50. The van der Waals surface area contributed by atoms with E-state index in [9.17, 15) is 0 Å². The topological polar surface area (TPSA) is 21.7 Å². The van der Waals surface area contributed by atoms with Gasteiger partial charge in [0.25, 0.3) is 0 Å². The highest BCUT2D eigenvalue weighted by molar-refractivity contribution is 6.87. The molecule has 0 amide bonds. The van der Waals surface area contributed by atoms with Crippen molar-refractivity contribution in [3.8, 4) is 0 Å². The summed E-state index contributed by atoms with van der Waals surface area (Å²) >= 11 is 0. The lowest BCUT2D eigenvalue weighted by Crippen LogP contribution is -2.45. The second kappa shape index (κ2) is 17.6. The standard InChI is InChI=1S/C7H15B2NO.C6H12B2NO.CH4.CH3/c1-5-7(2)11-6-10(3,4)9-8;1-4-6(2)10-5-9(3)8-7;;/h2,5-6H2,1,3-4H3;2,4-5H2,1,3H3;1H4;1H3/q+1;;;-1. The molecule has 0 unspecified atom stereocenters. The molecule has 0 saturated carbocycles. The van der Waals surface area contributed by atoms with Gasteiger partial charge in [0.15, 0.2) is 7.31 Å². The van der Waals surface area contributed by atoms with Crippen LogP contribution in [0, 0.1) is 7.43 Å². The first-order chi connectivity index (χ1) is 9.72. The Labute approximate surface area is 150 Å². The highest BCUT2D eigenvalue weighted by atomic mass is 16.5. The van der Waals surface area contributed by atoms with Gasteiger partial charge in [-0.05, 0) is 7.05 Å².